The molecule has 0 saturated heterocycles. The van der Waals surface area contributed by atoms with Gasteiger partial charge in [0.1, 0.15) is 0 Å². The lowest BCUT2D eigenvalue weighted by atomic mass is 9.97. The van der Waals surface area contributed by atoms with Crippen LogP contribution in [0.25, 0.3) is 0 Å². The Labute approximate surface area is 82.6 Å². The Balaban J connectivity index is 2.43. The zero-order valence-electron chi connectivity index (χ0n) is 7.95. The van der Waals surface area contributed by atoms with Gasteiger partial charge in [-0.25, -0.2) is 0 Å². The summed E-state index contributed by atoms with van der Waals surface area (Å²) in [7, 11) is 1.78. The maximum Gasteiger partial charge on any atom is 0.227 e. The van der Waals surface area contributed by atoms with Gasteiger partial charge in [0.2, 0.25) is 5.91 Å². The van der Waals surface area contributed by atoms with E-state index < -0.39 is 0 Å². The zero-order valence-corrected chi connectivity index (χ0v) is 7.95. The Morgan fingerprint density at radius 3 is 2.93 bits per heavy atom. The van der Waals surface area contributed by atoms with E-state index in [0.717, 1.165) is 11.1 Å². The summed E-state index contributed by atoms with van der Waals surface area (Å²) in [6.07, 6.45) is 0.456. The highest BCUT2D eigenvalue weighted by Crippen LogP contribution is 2.19. The van der Waals surface area contributed by atoms with Gasteiger partial charge in [0.15, 0.2) is 0 Å². The summed E-state index contributed by atoms with van der Waals surface area (Å²) in [5, 5.41) is 8.73. The van der Waals surface area contributed by atoms with Crippen molar-refractivity contribution in [2.45, 2.75) is 13.0 Å². The van der Waals surface area contributed by atoms with E-state index in [9.17, 15) is 4.79 Å². The normalized spacial score (nSPS) is 14.9. The van der Waals surface area contributed by atoms with Crippen molar-refractivity contribution in [2.24, 2.45) is 0 Å². The number of fused-ring (bicyclic) bond motifs is 1. The van der Waals surface area contributed by atoms with E-state index >= 15 is 0 Å². The number of carbonyl (C=O) groups is 1. The third-order valence-electron chi connectivity index (χ3n) is 2.51. The summed E-state index contributed by atoms with van der Waals surface area (Å²) in [5.41, 5.74) is 2.80. The first kappa shape index (κ1) is 8.76. The summed E-state index contributed by atoms with van der Waals surface area (Å²) < 4.78 is 0. The molecule has 14 heavy (non-hydrogen) atoms. The first-order chi connectivity index (χ1) is 6.70. The van der Waals surface area contributed by atoms with E-state index in [0.29, 0.717) is 18.5 Å². The number of hydrogen-bond acceptors (Lipinski definition) is 2. The summed E-state index contributed by atoms with van der Waals surface area (Å²) in [6.45, 7) is 0.615. The Kier molecular flexibility index (Phi) is 1.97. The molecule has 2 rings (SSSR count). The summed E-state index contributed by atoms with van der Waals surface area (Å²) >= 11 is 0. The smallest absolute Gasteiger partial charge is 0.227 e. The Morgan fingerprint density at radius 2 is 2.21 bits per heavy atom. The van der Waals surface area contributed by atoms with Gasteiger partial charge in [0.25, 0.3) is 0 Å². The highest BCUT2D eigenvalue weighted by atomic mass is 16.2. The molecular formula is C11H10N2O. The fourth-order valence-corrected chi connectivity index (χ4v) is 1.66. The SMILES string of the molecule is CN1Cc2cc(C#N)ccc2CC1=O. The molecule has 1 aromatic carbocycles. The van der Waals surface area contributed by atoms with Crippen LogP contribution in [0.3, 0.4) is 0 Å². The number of hydrogen-bond donors (Lipinski definition) is 0. The quantitative estimate of drug-likeness (QED) is 0.608. The lowest BCUT2D eigenvalue weighted by molar-refractivity contribution is -0.130. The highest BCUT2D eigenvalue weighted by molar-refractivity contribution is 5.80. The van der Waals surface area contributed by atoms with Gasteiger partial charge in [0, 0.05) is 13.6 Å². The number of likely N-dealkylation sites (N-methyl/N-ethyl adjacent to an activating group) is 1. The molecule has 0 spiro atoms. The van der Waals surface area contributed by atoms with Gasteiger partial charge in [0.05, 0.1) is 18.1 Å². The van der Waals surface area contributed by atoms with Crippen LogP contribution in [-0.2, 0) is 17.8 Å². The minimum atomic E-state index is 0.141. The van der Waals surface area contributed by atoms with Gasteiger partial charge >= 0.3 is 0 Å². The lowest BCUT2D eigenvalue weighted by Crippen LogP contribution is -2.32. The van der Waals surface area contributed by atoms with E-state index in [1.807, 2.05) is 12.1 Å². The van der Waals surface area contributed by atoms with Crippen LogP contribution in [-0.4, -0.2) is 17.9 Å². The molecule has 0 aromatic heterocycles. The van der Waals surface area contributed by atoms with Crippen molar-refractivity contribution in [3.8, 4) is 6.07 Å². The molecule has 0 saturated carbocycles. The number of nitriles is 1. The van der Waals surface area contributed by atoms with Crippen LogP contribution in [0.4, 0.5) is 0 Å². The predicted molar refractivity (Wildman–Crippen MR) is 51.3 cm³/mol. The van der Waals surface area contributed by atoms with E-state index in [-0.39, 0.29) is 5.91 Å². The van der Waals surface area contributed by atoms with Crippen LogP contribution in [0, 0.1) is 11.3 Å². The molecule has 3 heteroatoms. The minimum absolute atomic E-state index is 0.141. The molecule has 1 aromatic rings. The average molecular weight is 186 g/mol. The molecule has 1 aliphatic rings. The molecule has 1 heterocycles. The fourth-order valence-electron chi connectivity index (χ4n) is 1.66. The zero-order chi connectivity index (χ0) is 10.1. The number of amides is 1. The van der Waals surface area contributed by atoms with Gasteiger partial charge in [-0.1, -0.05) is 6.07 Å². The minimum Gasteiger partial charge on any atom is -0.341 e. The fraction of sp³-hybridized carbons (Fsp3) is 0.273. The van der Waals surface area contributed by atoms with Crippen LogP contribution in [0.2, 0.25) is 0 Å². The van der Waals surface area contributed by atoms with Crippen LogP contribution in [0.1, 0.15) is 16.7 Å². The highest BCUT2D eigenvalue weighted by Gasteiger charge is 2.19. The van der Waals surface area contributed by atoms with Crippen molar-refractivity contribution in [3.63, 3.8) is 0 Å². The van der Waals surface area contributed by atoms with Crippen molar-refractivity contribution >= 4 is 5.91 Å². The van der Waals surface area contributed by atoms with E-state index in [1.165, 1.54) is 0 Å². The molecule has 0 atom stereocenters. The lowest BCUT2D eigenvalue weighted by Gasteiger charge is -2.24. The first-order valence-electron chi connectivity index (χ1n) is 4.46. The van der Waals surface area contributed by atoms with Crippen LogP contribution in [0.15, 0.2) is 18.2 Å². The van der Waals surface area contributed by atoms with Crippen molar-refractivity contribution in [3.05, 3.63) is 34.9 Å². The Hall–Kier alpha value is -1.82. The summed E-state index contributed by atoms with van der Waals surface area (Å²) in [4.78, 5) is 13.1. The van der Waals surface area contributed by atoms with E-state index in [4.69, 9.17) is 5.26 Å². The van der Waals surface area contributed by atoms with Crippen molar-refractivity contribution in [1.29, 1.82) is 5.26 Å². The van der Waals surface area contributed by atoms with Crippen molar-refractivity contribution < 1.29 is 4.79 Å². The van der Waals surface area contributed by atoms with Crippen molar-refractivity contribution in [1.82, 2.24) is 4.90 Å². The second-order valence-electron chi connectivity index (χ2n) is 3.52. The number of benzene rings is 1. The van der Waals surface area contributed by atoms with Crippen LogP contribution in [0.5, 0.6) is 0 Å². The maximum absolute atomic E-state index is 11.4. The topological polar surface area (TPSA) is 44.1 Å². The van der Waals surface area contributed by atoms with Gasteiger partial charge in [-0.15, -0.1) is 0 Å². The third kappa shape index (κ3) is 1.35. The first-order valence-corrected chi connectivity index (χ1v) is 4.46. The summed E-state index contributed by atoms with van der Waals surface area (Å²) in [6, 6.07) is 7.59. The second kappa shape index (κ2) is 3.15. The monoisotopic (exact) mass is 186 g/mol. The second-order valence-corrected chi connectivity index (χ2v) is 3.52. The van der Waals surface area contributed by atoms with Gasteiger partial charge in [-0.3, -0.25) is 4.79 Å². The van der Waals surface area contributed by atoms with Crippen LogP contribution < -0.4 is 0 Å². The summed E-state index contributed by atoms with van der Waals surface area (Å²) in [5.74, 6) is 0.141. The van der Waals surface area contributed by atoms with Crippen LogP contribution >= 0.6 is 0 Å². The number of rotatable bonds is 0. The molecule has 0 N–H and O–H groups in total. The molecule has 0 fully saturated rings. The Morgan fingerprint density at radius 1 is 1.43 bits per heavy atom. The molecule has 1 aliphatic heterocycles. The molecule has 0 aliphatic carbocycles. The molecule has 3 nitrogen and oxygen atoms in total. The van der Waals surface area contributed by atoms with Gasteiger partial charge in [-0.2, -0.15) is 5.26 Å². The largest absolute Gasteiger partial charge is 0.341 e. The molecule has 1 amide bonds. The maximum atomic E-state index is 11.4. The predicted octanol–water partition coefficient (Wildman–Crippen LogP) is 1.07. The van der Waals surface area contributed by atoms with E-state index in [1.54, 1.807) is 18.0 Å². The van der Waals surface area contributed by atoms with E-state index in [2.05, 4.69) is 6.07 Å². The number of carbonyl (C=O) groups excluding carboxylic acids is 1. The Bertz CT molecular complexity index is 431. The standard InChI is InChI=1S/C11H10N2O/c1-13-7-10-4-8(6-12)2-3-9(10)5-11(13)14/h2-4H,5,7H2,1H3. The van der Waals surface area contributed by atoms with Gasteiger partial charge in [-0.05, 0) is 23.3 Å². The molecule has 0 unspecified atom stereocenters. The average Bonchev–Trinajstić information content (AvgIpc) is 2.19. The van der Waals surface area contributed by atoms with Crippen molar-refractivity contribution in [2.75, 3.05) is 7.05 Å². The molecular weight excluding hydrogens is 176 g/mol. The molecule has 0 radical (unpaired) electrons. The van der Waals surface area contributed by atoms with Gasteiger partial charge < -0.3 is 4.90 Å². The number of nitrogens with zero attached hydrogens (tertiary/aromatic N) is 2. The molecule has 0 bridgehead atoms. The molecule has 70 valence electrons. The third-order valence-corrected chi connectivity index (χ3v) is 2.51.